The Morgan fingerprint density at radius 1 is 0.478 bits per heavy atom. The smallest absolute Gasteiger partial charge is 0.267 e. The highest BCUT2D eigenvalue weighted by atomic mass is 19.3. The van der Waals surface area contributed by atoms with E-state index in [2.05, 4.69) is 30.4 Å². The molecule has 5 aromatic carbocycles. The SMILES string of the molecule is COc1ccc(-n2ncc(C3OCCO3)c2C)cc1.COc1ccc(-n2ncc(C=O)c2C)cc1.Cc1c(C(F)F)cnn1-c1ccc(O)cc1.Cc1c(C(F)F)cnn1-c1ccc(OCCN2CCCCC2)cc1.Cc1c(C=O)cnn1-c1ccc(O)cc1. The quantitative estimate of drug-likeness (QED) is 0.0680. The average Bonchev–Trinajstić information content (AvgIpc) is 2.26. The van der Waals surface area contributed by atoms with Crippen LogP contribution in [0, 0.1) is 34.6 Å². The number of benzene rings is 5. The van der Waals surface area contributed by atoms with Crippen LogP contribution in [0.15, 0.2) is 152 Å². The van der Waals surface area contributed by atoms with Crippen LogP contribution in [0.25, 0.3) is 28.4 Å². The van der Waals surface area contributed by atoms with Crippen LogP contribution in [-0.2, 0) is 9.47 Å². The van der Waals surface area contributed by atoms with E-state index in [1.807, 2.05) is 98.2 Å². The highest BCUT2D eigenvalue weighted by Gasteiger charge is 2.24. The number of phenolic OH excluding ortho intramolecular Hbond substituents is 2. The highest BCUT2D eigenvalue weighted by Crippen LogP contribution is 2.30. The standard InChI is InChI=1S/C18H23F2N3O.C14H16N2O3.C12H12N2O2.C11H10F2N2O.C11H10N2O2/c1-14-17(18(19)20)13-21-23(14)15-5-7-16(8-6-15)24-12-11-22-9-3-2-4-10-22;1-10-13(14-18-7-8-19-14)9-15-16(10)11-3-5-12(17-2)6-4-11;1-9-10(8-15)7-13-14(9)11-3-5-12(16-2)6-4-11;1-7-10(11(12)13)6-14-15(7)8-2-4-9(16)5-3-8;1-8-9(7-14)6-12-13(8)10-2-4-11(15)5-3-10/h5-8,13,18H,2-4,9-12H2,1H3;3-6,9,14H,7-8H2,1-2H3;3-8H,1-2H3;2-6,11,16H,1H3;2-7,15H,1H3. The number of carbonyl (C=O) groups is 2. The van der Waals surface area contributed by atoms with Crippen molar-refractivity contribution >= 4 is 12.6 Å². The van der Waals surface area contributed by atoms with Gasteiger partial charge in [-0.3, -0.25) is 14.5 Å². The first-order valence-corrected chi connectivity index (χ1v) is 28.8. The molecule has 0 radical (unpaired) electrons. The first-order chi connectivity index (χ1) is 43.5. The highest BCUT2D eigenvalue weighted by molar-refractivity contribution is 5.76. The predicted molar refractivity (Wildman–Crippen MR) is 329 cm³/mol. The lowest BCUT2D eigenvalue weighted by Crippen LogP contribution is -2.33. The Hall–Kier alpha value is -9.91. The fourth-order valence-corrected chi connectivity index (χ4v) is 9.64. The maximum absolute atomic E-state index is 12.8. The molecule has 20 nitrogen and oxygen atoms in total. The summed E-state index contributed by atoms with van der Waals surface area (Å²) >= 11 is 0. The van der Waals surface area contributed by atoms with Crippen molar-refractivity contribution in [2.45, 2.75) is 73.0 Å². The molecule has 0 bridgehead atoms. The number of aromatic nitrogens is 10. The van der Waals surface area contributed by atoms with Gasteiger partial charge in [0.15, 0.2) is 18.9 Å². The molecule has 10 aromatic rings. The van der Waals surface area contributed by atoms with E-state index in [9.17, 15) is 27.2 Å². The van der Waals surface area contributed by atoms with Crippen molar-refractivity contribution in [1.29, 1.82) is 0 Å². The van der Waals surface area contributed by atoms with E-state index in [4.69, 9.17) is 33.9 Å². The topological polar surface area (TPSA) is 213 Å². The number of methoxy groups -OCH3 is 2. The molecular weight excluding hydrogens is 1170 g/mol. The second kappa shape index (κ2) is 31.8. The molecule has 2 aliphatic heterocycles. The summed E-state index contributed by atoms with van der Waals surface area (Å²) in [7, 11) is 3.28. The van der Waals surface area contributed by atoms with Gasteiger partial charge in [-0.05, 0) is 182 Å². The monoisotopic (exact) mass is 1240 g/mol. The number of hydrogen-bond acceptors (Lipinski definition) is 15. The number of ether oxygens (including phenoxy) is 5. The lowest BCUT2D eigenvalue weighted by molar-refractivity contribution is -0.0445. The van der Waals surface area contributed by atoms with Gasteiger partial charge in [-0.15, -0.1) is 0 Å². The number of halogens is 4. The lowest BCUT2D eigenvalue weighted by atomic mass is 10.1. The van der Waals surface area contributed by atoms with Crippen molar-refractivity contribution in [2.24, 2.45) is 0 Å². The van der Waals surface area contributed by atoms with Gasteiger partial charge in [-0.1, -0.05) is 6.42 Å². The zero-order valence-electron chi connectivity index (χ0n) is 50.9. The Morgan fingerprint density at radius 3 is 1.18 bits per heavy atom. The minimum absolute atomic E-state index is 0.0307. The molecule has 2 fully saturated rings. The number of aromatic hydroxyl groups is 2. The zero-order valence-corrected chi connectivity index (χ0v) is 50.9. The van der Waals surface area contributed by atoms with Crippen molar-refractivity contribution in [1.82, 2.24) is 53.8 Å². The molecule has 2 saturated heterocycles. The van der Waals surface area contributed by atoms with Gasteiger partial charge in [-0.25, -0.2) is 41.0 Å². The zero-order chi connectivity index (χ0) is 64.3. The molecule has 7 heterocycles. The van der Waals surface area contributed by atoms with Crippen LogP contribution in [0.3, 0.4) is 0 Å². The summed E-state index contributed by atoms with van der Waals surface area (Å²) in [5.41, 5.74) is 9.67. The molecule has 472 valence electrons. The Balaban J connectivity index is 0.000000147. The third-order valence-electron chi connectivity index (χ3n) is 14.9. The molecule has 90 heavy (non-hydrogen) atoms. The van der Waals surface area contributed by atoms with Gasteiger partial charge >= 0.3 is 0 Å². The summed E-state index contributed by atoms with van der Waals surface area (Å²) in [5, 5.41) is 38.8. The normalized spacial score (nSPS) is 13.0. The van der Waals surface area contributed by atoms with E-state index in [0.29, 0.717) is 48.0 Å². The molecule has 12 rings (SSSR count). The Labute approximate surface area is 518 Å². The number of carbonyl (C=O) groups excluding carboxylic acids is 2. The van der Waals surface area contributed by atoms with E-state index in [1.165, 1.54) is 53.2 Å². The molecule has 0 saturated carbocycles. The third-order valence-corrected chi connectivity index (χ3v) is 14.9. The second-order valence-electron chi connectivity index (χ2n) is 20.6. The summed E-state index contributed by atoms with van der Waals surface area (Å²) < 4.78 is 86.0. The van der Waals surface area contributed by atoms with Gasteiger partial charge in [0.05, 0.1) is 132 Å². The van der Waals surface area contributed by atoms with Gasteiger partial charge in [-0.2, -0.15) is 25.5 Å². The van der Waals surface area contributed by atoms with Gasteiger partial charge in [0.1, 0.15) is 35.4 Å². The average molecular weight is 1240 g/mol. The van der Waals surface area contributed by atoms with Crippen molar-refractivity contribution < 1.29 is 61.0 Å². The summed E-state index contributed by atoms with van der Waals surface area (Å²) in [6.07, 6.45) is 7.43. The number of hydrogen-bond donors (Lipinski definition) is 2. The van der Waals surface area contributed by atoms with Gasteiger partial charge in [0.2, 0.25) is 0 Å². The summed E-state index contributed by atoms with van der Waals surface area (Å²) in [6.45, 7) is 14.1. The van der Waals surface area contributed by atoms with Crippen LogP contribution >= 0.6 is 0 Å². The van der Waals surface area contributed by atoms with Crippen LogP contribution in [0.4, 0.5) is 17.6 Å². The summed E-state index contributed by atoms with van der Waals surface area (Å²) in [4.78, 5) is 23.8. The van der Waals surface area contributed by atoms with Crippen molar-refractivity contribution in [3.05, 3.63) is 209 Å². The first-order valence-electron chi connectivity index (χ1n) is 28.8. The Bertz CT molecular complexity index is 3850. The van der Waals surface area contributed by atoms with Crippen LogP contribution in [0.2, 0.25) is 0 Å². The molecule has 0 spiro atoms. The predicted octanol–water partition coefficient (Wildman–Crippen LogP) is 12.7. The van der Waals surface area contributed by atoms with Crippen LogP contribution in [-0.4, -0.2) is 130 Å². The Morgan fingerprint density at radius 2 is 0.822 bits per heavy atom. The molecule has 2 aliphatic rings. The van der Waals surface area contributed by atoms with E-state index in [1.54, 1.807) is 86.2 Å². The molecule has 0 atom stereocenters. The molecule has 5 aromatic heterocycles. The van der Waals surface area contributed by atoms with E-state index < -0.39 is 12.9 Å². The number of aldehydes is 2. The van der Waals surface area contributed by atoms with E-state index in [0.717, 1.165) is 101 Å². The van der Waals surface area contributed by atoms with Gasteiger partial charge in [0.25, 0.3) is 12.9 Å². The molecule has 0 unspecified atom stereocenters. The number of likely N-dealkylation sites (tertiary alicyclic amines) is 1. The largest absolute Gasteiger partial charge is 0.508 e. The summed E-state index contributed by atoms with van der Waals surface area (Å²) in [5.74, 6) is 2.75. The fraction of sp³-hybridized carbons (Fsp3) is 0.288. The van der Waals surface area contributed by atoms with Crippen LogP contribution in [0.1, 0.15) is 104 Å². The molecule has 0 aliphatic carbocycles. The molecule has 24 heteroatoms. The number of nitrogens with zero attached hydrogens (tertiary/aromatic N) is 11. The van der Waals surface area contributed by atoms with Crippen molar-refractivity contribution in [3.63, 3.8) is 0 Å². The number of piperidine rings is 1. The van der Waals surface area contributed by atoms with Gasteiger partial charge in [0, 0.05) is 17.8 Å². The van der Waals surface area contributed by atoms with E-state index >= 15 is 0 Å². The van der Waals surface area contributed by atoms with E-state index in [-0.39, 0.29) is 28.9 Å². The van der Waals surface area contributed by atoms with Crippen molar-refractivity contribution in [3.8, 4) is 57.2 Å². The van der Waals surface area contributed by atoms with Crippen molar-refractivity contribution in [2.75, 3.05) is 53.7 Å². The molecule has 2 N–H and O–H groups in total. The molecular formula is C66H71F4N11O9. The number of phenols is 2. The lowest BCUT2D eigenvalue weighted by Gasteiger charge is -2.26. The number of alkyl halides is 4. The maximum Gasteiger partial charge on any atom is 0.267 e. The minimum Gasteiger partial charge on any atom is -0.508 e. The Kier molecular flexibility index (Phi) is 23.4. The van der Waals surface area contributed by atoms with Gasteiger partial charge < -0.3 is 33.9 Å². The third kappa shape index (κ3) is 16.8. The fourth-order valence-electron chi connectivity index (χ4n) is 9.64. The number of rotatable bonds is 16. The molecule has 0 amide bonds. The van der Waals surface area contributed by atoms with Crippen LogP contribution < -0.4 is 14.2 Å². The summed E-state index contributed by atoms with van der Waals surface area (Å²) in [6, 6.07) is 35.5. The minimum atomic E-state index is -2.52. The van der Waals surface area contributed by atoms with Crippen LogP contribution in [0.5, 0.6) is 28.7 Å². The second-order valence-corrected chi connectivity index (χ2v) is 20.6. The maximum atomic E-state index is 12.8. The first kappa shape index (κ1) is 66.1.